The summed E-state index contributed by atoms with van der Waals surface area (Å²) in [5, 5.41) is 4.97. The Kier molecular flexibility index (Phi) is 6.42. The Labute approximate surface area is 169 Å². The molecule has 2 N–H and O–H groups in total. The molecular formula is C20H20F5N3O2. The quantitative estimate of drug-likeness (QED) is 0.609. The summed E-state index contributed by atoms with van der Waals surface area (Å²) < 4.78 is 70.5. The maximum atomic E-state index is 13.6. The molecule has 1 aromatic carbocycles. The number of ether oxygens (including phenoxy) is 1. The summed E-state index contributed by atoms with van der Waals surface area (Å²) in [4.78, 5) is 15.8. The van der Waals surface area contributed by atoms with Gasteiger partial charge in [-0.15, -0.1) is 0 Å². The van der Waals surface area contributed by atoms with Crippen molar-refractivity contribution in [2.75, 3.05) is 6.54 Å². The van der Waals surface area contributed by atoms with E-state index >= 15 is 0 Å². The minimum absolute atomic E-state index is 0.0702. The number of carbonyl (C=O) groups excluding carboxylic acids is 1. The van der Waals surface area contributed by atoms with E-state index in [4.69, 9.17) is 4.74 Å². The minimum atomic E-state index is -4.24. The molecule has 5 nitrogen and oxygen atoms in total. The Bertz CT molecular complexity index is 900. The van der Waals surface area contributed by atoms with E-state index in [1.807, 2.05) is 0 Å². The van der Waals surface area contributed by atoms with Crippen LogP contribution >= 0.6 is 0 Å². The molecule has 0 spiro atoms. The van der Waals surface area contributed by atoms with Crippen LogP contribution in [0.25, 0.3) is 0 Å². The number of rotatable bonds is 8. The Morgan fingerprint density at radius 1 is 1.13 bits per heavy atom. The molecule has 162 valence electrons. The van der Waals surface area contributed by atoms with Gasteiger partial charge >= 0.3 is 12.2 Å². The molecule has 0 unspecified atom stereocenters. The molecule has 1 saturated carbocycles. The van der Waals surface area contributed by atoms with E-state index < -0.39 is 29.3 Å². The second-order valence-corrected chi connectivity index (χ2v) is 7.16. The molecule has 10 heteroatoms. The van der Waals surface area contributed by atoms with Gasteiger partial charge in [-0.2, -0.15) is 13.2 Å². The molecule has 3 rings (SSSR count). The number of nitrogens with zero attached hydrogens (tertiary/aromatic N) is 1. The molecule has 0 bridgehead atoms. The number of benzene rings is 1. The van der Waals surface area contributed by atoms with Crippen LogP contribution in [0.5, 0.6) is 5.88 Å². The van der Waals surface area contributed by atoms with E-state index in [2.05, 4.69) is 15.6 Å². The summed E-state index contributed by atoms with van der Waals surface area (Å²) in [6.07, 6.45) is -2.75. The zero-order chi connectivity index (χ0) is 21.8. The molecule has 1 aliphatic carbocycles. The smallest absolute Gasteiger partial charge is 0.394 e. The number of aromatic nitrogens is 1. The number of alkyl halides is 3. The second-order valence-electron chi connectivity index (χ2n) is 7.16. The molecule has 1 heterocycles. The number of pyridine rings is 1. The van der Waals surface area contributed by atoms with Crippen molar-refractivity contribution in [1.29, 1.82) is 0 Å². The zero-order valence-electron chi connectivity index (χ0n) is 15.9. The largest absolute Gasteiger partial charge is 0.473 e. The number of amides is 2. The maximum Gasteiger partial charge on any atom is 0.394 e. The molecule has 30 heavy (non-hydrogen) atoms. The minimum Gasteiger partial charge on any atom is -0.473 e. The van der Waals surface area contributed by atoms with Crippen LogP contribution in [0.4, 0.5) is 26.7 Å². The standard InChI is InChI=1S/C20H20F5N3O2/c21-15-2-1-14(16(22)10-15)12-30-17-9-13(3-7-26-17)11-28-18(29)27-8-6-19(4-5-19)20(23,24)25/h1-3,7,9-10H,4-6,8,11-12H2,(H2,27,28,29). The van der Waals surface area contributed by atoms with E-state index in [1.54, 1.807) is 6.07 Å². The molecule has 2 aromatic rings. The molecule has 1 fully saturated rings. The van der Waals surface area contributed by atoms with E-state index in [1.165, 1.54) is 18.3 Å². The molecule has 0 aliphatic heterocycles. The van der Waals surface area contributed by atoms with Crippen LogP contribution in [-0.2, 0) is 13.2 Å². The lowest BCUT2D eigenvalue weighted by atomic mass is 10.0. The fourth-order valence-electron chi connectivity index (χ4n) is 2.92. The topological polar surface area (TPSA) is 63.2 Å². The van der Waals surface area contributed by atoms with Gasteiger partial charge in [-0.25, -0.2) is 18.6 Å². The predicted octanol–water partition coefficient (Wildman–Crippen LogP) is 4.47. The van der Waals surface area contributed by atoms with E-state index in [9.17, 15) is 26.7 Å². The van der Waals surface area contributed by atoms with Crippen LogP contribution in [0, 0.1) is 17.0 Å². The van der Waals surface area contributed by atoms with Gasteiger partial charge in [0, 0.05) is 37.0 Å². The third-order valence-corrected chi connectivity index (χ3v) is 4.99. The van der Waals surface area contributed by atoms with Crippen LogP contribution in [0.3, 0.4) is 0 Å². The Morgan fingerprint density at radius 3 is 2.57 bits per heavy atom. The van der Waals surface area contributed by atoms with Crippen LogP contribution in [0.1, 0.15) is 30.4 Å². The highest BCUT2D eigenvalue weighted by Crippen LogP contribution is 2.59. The fraction of sp³-hybridized carbons (Fsp3) is 0.400. The first-order valence-electron chi connectivity index (χ1n) is 9.29. The Balaban J connectivity index is 1.43. The van der Waals surface area contributed by atoms with E-state index in [-0.39, 0.29) is 50.4 Å². The van der Waals surface area contributed by atoms with E-state index in [0.717, 1.165) is 12.1 Å². The van der Waals surface area contributed by atoms with Crippen molar-refractivity contribution in [2.45, 2.75) is 38.6 Å². The number of nitrogens with one attached hydrogen (secondary N) is 2. The van der Waals surface area contributed by atoms with Crippen molar-refractivity contribution in [3.8, 4) is 5.88 Å². The molecule has 0 radical (unpaired) electrons. The SMILES string of the molecule is O=C(NCCC1(C(F)(F)F)CC1)NCc1ccnc(OCc2ccc(F)cc2F)c1. The van der Waals surface area contributed by atoms with Gasteiger partial charge in [-0.3, -0.25) is 0 Å². The van der Waals surface area contributed by atoms with E-state index in [0.29, 0.717) is 5.56 Å². The van der Waals surface area contributed by atoms with Gasteiger partial charge in [0.2, 0.25) is 5.88 Å². The highest BCUT2D eigenvalue weighted by molar-refractivity contribution is 5.73. The van der Waals surface area contributed by atoms with Crippen LogP contribution in [0.15, 0.2) is 36.5 Å². The van der Waals surface area contributed by atoms with Crippen molar-refractivity contribution >= 4 is 6.03 Å². The predicted molar refractivity (Wildman–Crippen MR) is 97.5 cm³/mol. The lowest BCUT2D eigenvalue weighted by molar-refractivity contribution is -0.188. The van der Waals surface area contributed by atoms with Gasteiger partial charge in [0.25, 0.3) is 0 Å². The van der Waals surface area contributed by atoms with Gasteiger partial charge < -0.3 is 15.4 Å². The summed E-state index contributed by atoms with van der Waals surface area (Å²) in [6, 6.07) is 5.71. The number of halogens is 5. The van der Waals surface area contributed by atoms with Crippen molar-refractivity contribution in [2.24, 2.45) is 5.41 Å². The monoisotopic (exact) mass is 429 g/mol. The van der Waals surface area contributed by atoms with Crippen molar-refractivity contribution in [3.05, 3.63) is 59.3 Å². The molecule has 1 aromatic heterocycles. The molecule has 1 aliphatic rings. The number of hydrogen-bond acceptors (Lipinski definition) is 3. The first kappa shape index (κ1) is 21.8. The lowest BCUT2D eigenvalue weighted by Gasteiger charge is -2.19. The summed E-state index contributed by atoms with van der Waals surface area (Å²) in [5.41, 5.74) is -0.862. The van der Waals surface area contributed by atoms with Gasteiger partial charge in [0.1, 0.15) is 18.2 Å². The number of carbonyl (C=O) groups is 1. The molecule has 2 amide bonds. The van der Waals surface area contributed by atoms with Gasteiger partial charge in [-0.05, 0) is 43.0 Å². The average molecular weight is 429 g/mol. The first-order chi connectivity index (χ1) is 14.2. The molecular weight excluding hydrogens is 409 g/mol. The first-order valence-corrected chi connectivity index (χ1v) is 9.29. The fourth-order valence-corrected chi connectivity index (χ4v) is 2.92. The molecule has 0 saturated heterocycles. The van der Waals surface area contributed by atoms with Crippen LogP contribution < -0.4 is 15.4 Å². The van der Waals surface area contributed by atoms with Gasteiger partial charge in [0.05, 0.1) is 5.41 Å². The molecule has 0 atom stereocenters. The van der Waals surface area contributed by atoms with Crippen molar-refractivity contribution in [1.82, 2.24) is 15.6 Å². The number of hydrogen-bond donors (Lipinski definition) is 2. The summed E-state index contributed by atoms with van der Waals surface area (Å²) in [5.74, 6) is -1.24. The van der Waals surface area contributed by atoms with Crippen molar-refractivity contribution in [3.63, 3.8) is 0 Å². The second kappa shape index (κ2) is 8.85. The van der Waals surface area contributed by atoms with Crippen LogP contribution in [-0.4, -0.2) is 23.7 Å². The lowest BCUT2D eigenvalue weighted by Crippen LogP contribution is -2.37. The summed E-state index contributed by atoms with van der Waals surface area (Å²) >= 11 is 0. The Morgan fingerprint density at radius 2 is 1.90 bits per heavy atom. The normalized spacial score (nSPS) is 14.8. The van der Waals surface area contributed by atoms with Gasteiger partial charge in [0.15, 0.2) is 0 Å². The van der Waals surface area contributed by atoms with Gasteiger partial charge in [-0.1, -0.05) is 0 Å². The third kappa shape index (κ3) is 5.58. The highest BCUT2D eigenvalue weighted by Gasteiger charge is 2.62. The zero-order valence-corrected chi connectivity index (χ0v) is 15.9. The number of urea groups is 1. The maximum absolute atomic E-state index is 13.6. The van der Waals surface area contributed by atoms with Crippen molar-refractivity contribution < 1.29 is 31.5 Å². The Hall–Kier alpha value is -2.91. The summed E-state index contributed by atoms with van der Waals surface area (Å²) in [7, 11) is 0. The van der Waals surface area contributed by atoms with Crippen LogP contribution in [0.2, 0.25) is 0 Å². The third-order valence-electron chi connectivity index (χ3n) is 4.99. The average Bonchev–Trinajstić information content (AvgIpc) is 3.47. The summed E-state index contributed by atoms with van der Waals surface area (Å²) in [6.45, 7) is -0.128. The highest BCUT2D eigenvalue weighted by atomic mass is 19.4.